The molecule has 6 heteroatoms. The van der Waals surface area contributed by atoms with Gasteiger partial charge in [-0.15, -0.1) is 0 Å². The van der Waals surface area contributed by atoms with Crippen LogP contribution >= 0.6 is 11.6 Å². The van der Waals surface area contributed by atoms with Gasteiger partial charge in [0, 0.05) is 11.6 Å². The number of halogens is 2. The van der Waals surface area contributed by atoms with Crippen LogP contribution in [0.2, 0.25) is 5.02 Å². The molecule has 0 saturated heterocycles. The lowest BCUT2D eigenvalue weighted by molar-refractivity contribution is -0.115. The third-order valence-corrected chi connectivity index (χ3v) is 3.78. The third kappa shape index (κ3) is 3.81. The van der Waals surface area contributed by atoms with E-state index in [0.29, 0.717) is 11.3 Å². The van der Waals surface area contributed by atoms with Gasteiger partial charge in [-0.05, 0) is 24.6 Å². The lowest BCUT2D eigenvalue weighted by atomic mass is 10.1. The second-order valence-electron chi connectivity index (χ2n) is 5.42. The molecular weight excluding hydrogens is 331 g/mol. The van der Waals surface area contributed by atoms with Crippen molar-refractivity contribution in [3.05, 3.63) is 70.5 Å². The maximum Gasteiger partial charge on any atom is 0.231 e. The molecule has 1 N–H and O–H groups in total. The Hall–Kier alpha value is -2.66. The van der Waals surface area contributed by atoms with E-state index in [1.165, 1.54) is 12.1 Å². The van der Waals surface area contributed by atoms with Gasteiger partial charge < -0.3 is 4.52 Å². The third-order valence-electron chi connectivity index (χ3n) is 3.47. The number of anilines is 1. The minimum absolute atomic E-state index is 0.00859. The highest BCUT2D eigenvalue weighted by Gasteiger charge is 2.11. The molecular formula is C18H14ClFN2O2. The maximum absolute atomic E-state index is 13.4. The summed E-state index contributed by atoms with van der Waals surface area (Å²) >= 11 is 5.62. The normalized spacial score (nSPS) is 10.6. The number of nitrogens with one attached hydrogen (secondary N) is 1. The van der Waals surface area contributed by atoms with Crippen molar-refractivity contribution in [2.24, 2.45) is 0 Å². The summed E-state index contributed by atoms with van der Waals surface area (Å²) < 4.78 is 18.5. The molecule has 0 aliphatic heterocycles. The van der Waals surface area contributed by atoms with Crippen LogP contribution in [0.15, 0.2) is 53.1 Å². The Morgan fingerprint density at radius 2 is 1.96 bits per heavy atom. The molecule has 0 fully saturated rings. The Bertz CT molecular complexity index is 875. The molecule has 1 aromatic heterocycles. The van der Waals surface area contributed by atoms with E-state index < -0.39 is 5.82 Å². The van der Waals surface area contributed by atoms with Gasteiger partial charge in [-0.25, -0.2) is 4.39 Å². The first kappa shape index (κ1) is 16.2. The van der Waals surface area contributed by atoms with E-state index in [9.17, 15) is 9.18 Å². The second-order valence-corrected chi connectivity index (χ2v) is 5.82. The van der Waals surface area contributed by atoms with Crippen LogP contribution in [0.1, 0.15) is 11.1 Å². The van der Waals surface area contributed by atoms with Crippen molar-refractivity contribution in [3.63, 3.8) is 0 Å². The van der Waals surface area contributed by atoms with Crippen LogP contribution in [-0.2, 0) is 11.2 Å². The topological polar surface area (TPSA) is 55.1 Å². The smallest absolute Gasteiger partial charge is 0.231 e. The van der Waals surface area contributed by atoms with Gasteiger partial charge in [0.15, 0.2) is 0 Å². The second kappa shape index (κ2) is 6.84. The Kier molecular flexibility index (Phi) is 4.62. The molecule has 24 heavy (non-hydrogen) atoms. The molecule has 122 valence electrons. The number of carbonyl (C=O) groups excluding carboxylic acids is 1. The molecule has 2 aromatic carbocycles. The number of hydrogen-bond donors (Lipinski definition) is 1. The summed E-state index contributed by atoms with van der Waals surface area (Å²) in [7, 11) is 0. The molecule has 4 nitrogen and oxygen atoms in total. The summed E-state index contributed by atoms with van der Waals surface area (Å²) in [5.41, 5.74) is 3.19. The molecule has 0 spiro atoms. The first-order chi connectivity index (χ1) is 11.5. The fourth-order valence-electron chi connectivity index (χ4n) is 2.21. The monoisotopic (exact) mass is 344 g/mol. The predicted molar refractivity (Wildman–Crippen MR) is 90.4 cm³/mol. The number of benzene rings is 2. The standard InChI is InChI=1S/C18H14ClFN2O2/c1-11-2-5-13(6-3-11)16-10-18(24-22-16)21-17(23)9-12-4-7-14(19)15(20)8-12/h2-8,10H,9H2,1H3,(H,21,23). The zero-order valence-electron chi connectivity index (χ0n) is 12.8. The van der Waals surface area contributed by atoms with Crippen LogP contribution in [0.5, 0.6) is 0 Å². The summed E-state index contributed by atoms with van der Waals surface area (Å²) in [6, 6.07) is 13.7. The van der Waals surface area contributed by atoms with Gasteiger partial charge in [0.1, 0.15) is 11.5 Å². The zero-order chi connectivity index (χ0) is 17.1. The van der Waals surface area contributed by atoms with Crippen LogP contribution in [0.3, 0.4) is 0 Å². The van der Waals surface area contributed by atoms with E-state index >= 15 is 0 Å². The fraction of sp³-hybridized carbons (Fsp3) is 0.111. The molecule has 0 aliphatic rings. The van der Waals surface area contributed by atoms with Gasteiger partial charge in [-0.1, -0.05) is 52.7 Å². The predicted octanol–water partition coefficient (Wildman–Crippen LogP) is 4.62. The zero-order valence-corrected chi connectivity index (χ0v) is 13.6. The molecule has 3 rings (SSSR count). The maximum atomic E-state index is 13.4. The van der Waals surface area contributed by atoms with Gasteiger partial charge in [0.05, 0.1) is 11.4 Å². The highest BCUT2D eigenvalue weighted by molar-refractivity contribution is 6.30. The lowest BCUT2D eigenvalue weighted by Crippen LogP contribution is -2.14. The number of hydrogen-bond acceptors (Lipinski definition) is 3. The van der Waals surface area contributed by atoms with Gasteiger partial charge >= 0.3 is 0 Å². The van der Waals surface area contributed by atoms with Crippen molar-refractivity contribution < 1.29 is 13.7 Å². The molecule has 0 radical (unpaired) electrons. The molecule has 0 saturated carbocycles. The Balaban J connectivity index is 1.66. The minimum atomic E-state index is -0.553. The van der Waals surface area contributed by atoms with Crippen molar-refractivity contribution in [1.29, 1.82) is 0 Å². The van der Waals surface area contributed by atoms with Crippen molar-refractivity contribution in [3.8, 4) is 11.3 Å². The molecule has 0 aliphatic carbocycles. The Morgan fingerprint density at radius 3 is 2.67 bits per heavy atom. The minimum Gasteiger partial charge on any atom is -0.338 e. The summed E-state index contributed by atoms with van der Waals surface area (Å²) in [4.78, 5) is 12.0. The number of aromatic nitrogens is 1. The van der Waals surface area contributed by atoms with E-state index in [2.05, 4.69) is 10.5 Å². The van der Waals surface area contributed by atoms with Gasteiger partial charge in [0.2, 0.25) is 11.8 Å². The molecule has 0 bridgehead atoms. The molecule has 0 atom stereocenters. The van der Waals surface area contributed by atoms with Crippen LogP contribution in [0, 0.1) is 12.7 Å². The Morgan fingerprint density at radius 1 is 1.21 bits per heavy atom. The first-order valence-corrected chi connectivity index (χ1v) is 7.66. The van der Waals surface area contributed by atoms with E-state index in [0.717, 1.165) is 11.1 Å². The van der Waals surface area contributed by atoms with Crippen molar-refractivity contribution in [2.75, 3.05) is 5.32 Å². The number of aryl methyl sites for hydroxylation is 1. The highest BCUT2D eigenvalue weighted by atomic mass is 35.5. The van der Waals surface area contributed by atoms with Gasteiger partial charge in [-0.2, -0.15) is 0 Å². The van der Waals surface area contributed by atoms with Gasteiger partial charge in [-0.3, -0.25) is 10.1 Å². The fourth-order valence-corrected chi connectivity index (χ4v) is 2.33. The highest BCUT2D eigenvalue weighted by Crippen LogP contribution is 2.22. The average molecular weight is 345 g/mol. The summed E-state index contributed by atoms with van der Waals surface area (Å²) in [6.07, 6.45) is 0.00859. The van der Waals surface area contributed by atoms with Crippen molar-refractivity contribution in [1.82, 2.24) is 5.16 Å². The van der Waals surface area contributed by atoms with Crippen molar-refractivity contribution >= 4 is 23.4 Å². The molecule has 3 aromatic rings. The van der Waals surface area contributed by atoms with Gasteiger partial charge in [0.25, 0.3) is 0 Å². The number of carbonyl (C=O) groups is 1. The summed E-state index contributed by atoms with van der Waals surface area (Å²) in [6.45, 7) is 2.00. The number of nitrogens with zero attached hydrogens (tertiary/aromatic N) is 1. The number of amides is 1. The van der Waals surface area contributed by atoms with E-state index in [1.54, 1.807) is 12.1 Å². The largest absolute Gasteiger partial charge is 0.338 e. The Labute approximate surface area is 143 Å². The first-order valence-electron chi connectivity index (χ1n) is 7.29. The van der Waals surface area contributed by atoms with Crippen LogP contribution in [0.4, 0.5) is 10.3 Å². The average Bonchev–Trinajstić information content (AvgIpc) is 3.00. The van der Waals surface area contributed by atoms with Crippen LogP contribution in [-0.4, -0.2) is 11.1 Å². The summed E-state index contributed by atoms with van der Waals surface area (Å²) in [5, 5.41) is 6.56. The molecule has 0 unspecified atom stereocenters. The van der Waals surface area contributed by atoms with Crippen LogP contribution in [0.25, 0.3) is 11.3 Å². The van der Waals surface area contributed by atoms with Crippen molar-refractivity contribution in [2.45, 2.75) is 13.3 Å². The van der Waals surface area contributed by atoms with E-state index in [-0.39, 0.29) is 23.2 Å². The van der Waals surface area contributed by atoms with Crippen LogP contribution < -0.4 is 5.32 Å². The number of rotatable bonds is 4. The van der Waals surface area contributed by atoms with E-state index in [4.69, 9.17) is 16.1 Å². The quantitative estimate of drug-likeness (QED) is 0.751. The molecule has 1 amide bonds. The van der Waals surface area contributed by atoms with E-state index in [1.807, 2.05) is 31.2 Å². The molecule has 1 heterocycles. The SMILES string of the molecule is Cc1ccc(-c2cc(NC(=O)Cc3ccc(Cl)c(F)c3)on2)cc1. The lowest BCUT2D eigenvalue weighted by Gasteiger charge is -2.02. The summed E-state index contributed by atoms with van der Waals surface area (Å²) in [5.74, 6) is -0.642.